The SMILES string of the molecule is CC(C)(C)OC(=O)COc1cccc(N)c1N. The summed E-state index contributed by atoms with van der Waals surface area (Å²) in [5, 5.41) is 0. The summed E-state index contributed by atoms with van der Waals surface area (Å²) in [6, 6.07) is 5.02. The van der Waals surface area contributed by atoms with Crippen molar-refractivity contribution in [2.45, 2.75) is 26.4 Å². The largest absolute Gasteiger partial charge is 0.480 e. The number of carbonyl (C=O) groups excluding carboxylic acids is 1. The lowest BCUT2D eigenvalue weighted by Gasteiger charge is -2.19. The van der Waals surface area contributed by atoms with Gasteiger partial charge in [0.2, 0.25) is 0 Å². The first-order valence-corrected chi connectivity index (χ1v) is 5.28. The van der Waals surface area contributed by atoms with Gasteiger partial charge in [0, 0.05) is 0 Å². The van der Waals surface area contributed by atoms with Gasteiger partial charge >= 0.3 is 5.97 Å². The maximum atomic E-state index is 11.4. The zero-order valence-electron chi connectivity index (χ0n) is 10.3. The van der Waals surface area contributed by atoms with Crippen molar-refractivity contribution < 1.29 is 14.3 Å². The molecule has 5 heteroatoms. The fraction of sp³-hybridized carbons (Fsp3) is 0.417. The molecule has 0 spiro atoms. The van der Waals surface area contributed by atoms with Crippen LogP contribution in [0, 0.1) is 0 Å². The Balaban J connectivity index is 2.56. The van der Waals surface area contributed by atoms with Crippen molar-refractivity contribution in [2.24, 2.45) is 0 Å². The molecule has 0 aliphatic carbocycles. The van der Waals surface area contributed by atoms with Crippen LogP contribution in [0.2, 0.25) is 0 Å². The number of carbonyl (C=O) groups is 1. The molecular formula is C12H18N2O3. The fourth-order valence-corrected chi connectivity index (χ4v) is 1.19. The lowest BCUT2D eigenvalue weighted by atomic mass is 10.2. The third-order valence-electron chi connectivity index (χ3n) is 1.87. The number of esters is 1. The van der Waals surface area contributed by atoms with Crippen molar-refractivity contribution in [2.75, 3.05) is 18.1 Å². The first-order valence-electron chi connectivity index (χ1n) is 5.28. The van der Waals surface area contributed by atoms with Gasteiger partial charge in [0.15, 0.2) is 6.61 Å². The van der Waals surface area contributed by atoms with Gasteiger partial charge in [-0.1, -0.05) is 6.07 Å². The topological polar surface area (TPSA) is 87.6 Å². The first kappa shape index (κ1) is 13.2. The van der Waals surface area contributed by atoms with E-state index in [9.17, 15) is 4.79 Å². The van der Waals surface area contributed by atoms with Crippen molar-refractivity contribution in [1.82, 2.24) is 0 Å². The molecule has 1 rings (SSSR count). The van der Waals surface area contributed by atoms with E-state index < -0.39 is 11.6 Å². The van der Waals surface area contributed by atoms with Gasteiger partial charge in [0.25, 0.3) is 0 Å². The smallest absolute Gasteiger partial charge is 0.344 e. The molecule has 1 aromatic carbocycles. The molecule has 5 nitrogen and oxygen atoms in total. The van der Waals surface area contributed by atoms with Crippen LogP contribution in [0.25, 0.3) is 0 Å². The highest BCUT2D eigenvalue weighted by molar-refractivity contribution is 5.74. The molecular weight excluding hydrogens is 220 g/mol. The van der Waals surface area contributed by atoms with Crippen molar-refractivity contribution in [3.05, 3.63) is 18.2 Å². The Kier molecular flexibility index (Phi) is 3.83. The van der Waals surface area contributed by atoms with Crippen LogP contribution in [0.4, 0.5) is 11.4 Å². The van der Waals surface area contributed by atoms with Crippen LogP contribution >= 0.6 is 0 Å². The van der Waals surface area contributed by atoms with Gasteiger partial charge in [-0.15, -0.1) is 0 Å². The summed E-state index contributed by atoms with van der Waals surface area (Å²) < 4.78 is 10.3. The third-order valence-corrected chi connectivity index (χ3v) is 1.87. The summed E-state index contributed by atoms with van der Waals surface area (Å²) in [5.74, 6) is -0.0600. The summed E-state index contributed by atoms with van der Waals surface area (Å²) in [4.78, 5) is 11.4. The predicted molar refractivity (Wildman–Crippen MR) is 66.6 cm³/mol. The van der Waals surface area contributed by atoms with E-state index in [0.717, 1.165) is 0 Å². The van der Waals surface area contributed by atoms with E-state index >= 15 is 0 Å². The Morgan fingerprint density at radius 3 is 2.53 bits per heavy atom. The fourth-order valence-electron chi connectivity index (χ4n) is 1.19. The Morgan fingerprint density at radius 2 is 1.94 bits per heavy atom. The molecule has 0 saturated carbocycles. The average Bonchev–Trinajstić information content (AvgIpc) is 2.18. The Morgan fingerprint density at radius 1 is 1.29 bits per heavy atom. The molecule has 0 heterocycles. The van der Waals surface area contributed by atoms with Gasteiger partial charge in [0.1, 0.15) is 11.4 Å². The molecule has 0 fully saturated rings. The number of hydrogen-bond acceptors (Lipinski definition) is 5. The number of benzene rings is 1. The Hall–Kier alpha value is -1.91. The quantitative estimate of drug-likeness (QED) is 0.616. The van der Waals surface area contributed by atoms with Crippen molar-refractivity contribution in [1.29, 1.82) is 0 Å². The predicted octanol–water partition coefficient (Wildman–Crippen LogP) is 1.57. The normalized spacial score (nSPS) is 11.0. The first-order chi connectivity index (χ1) is 7.79. The second-order valence-corrected chi connectivity index (χ2v) is 4.63. The van der Waals surface area contributed by atoms with Gasteiger partial charge in [-0.25, -0.2) is 4.79 Å². The standard InChI is InChI=1S/C12H18N2O3/c1-12(2,3)17-10(15)7-16-9-6-4-5-8(13)11(9)14/h4-6H,7,13-14H2,1-3H3. The van der Waals surface area contributed by atoms with Crippen LogP contribution in [0.3, 0.4) is 0 Å². The van der Waals surface area contributed by atoms with Gasteiger partial charge in [0.05, 0.1) is 11.4 Å². The Bertz CT molecular complexity index is 411. The molecule has 94 valence electrons. The summed E-state index contributed by atoms with van der Waals surface area (Å²) in [7, 11) is 0. The molecule has 0 aromatic heterocycles. The Labute approximate surface area is 101 Å². The molecule has 0 amide bonds. The van der Waals surface area contributed by atoms with E-state index in [4.69, 9.17) is 20.9 Å². The van der Waals surface area contributed by atoms with Crippen molar-refractivity contribution in [3.8, 4) is 5.75 Å². The number of nitrogens with two attached hydrogens (primary N) is 2. The van der Waals surface area contributed by atoms with Crippen LogP contribution in [-0.2, 0) is 9.53 Å². The number of para-hydroxylation sites is 1. The molecule has 0 bridgehead atoms. The van der Waals surface area contributed by atoms with Crippen LogP contribution < -0.4 is 16.2 Å². The summed E-state index contributed by atoms with van der Waals surface area (Å²) in [5.41, 5.74) is 11.5. The van der Waals surface area contributed by atoms with Crippen molar-refractivity contribution in [3.63, 3.8) is 0 Å². The van der Waals surface area contributed by atoms with E-state index in [0.29, 0.717) is 17.1 Å². The lowest BCUT2D eigenvalue weighted by molar-refractivity contribution is -0.157. The molecule has 0 radical (unpaired) electrons. The van der Waals surface area contributed by atoms with E-state index in [1.54, 1.807) is 39.0 Å². The van der Waals surface area contributed by atoms with Crippen LogP contribution in [0.5, 0.6) is 5.75 Å². The summed E-state index contributed by atoms with van der Waals surface area (Å²) in [6.07, 6.45) is 0. The number of anilines is 2. The van der Waals surface area contributed by atoms with E-state index in [-0.39, 0.29) is 6.61 Å². The highest BCUT2D eigenvalue weighted by Crippen LogP contribution is 2.26. The summed E-state index contributed by atoms with van der Waals surface area (Å²) in [6.45, 7) is 5.18. The van der Waals surface area contributed by atoms with Gasteiger partial charge < -0.3 is 20.9 Å². The molecule has 1 aromatic rings. The second kappa shape index (κ2) is 4.95. The van der Waals surface area contributed by atoms with Gasteiger partial charge in [-0.05, 0) is 32.9 Å². The highest BCUT2D eigenvalue weighted by Gasteiger charge is 2.17. The monoisotopic (exact) mass is 238 g/mol. The van der Waals surface area contributed by atoms with Crippen LogP contribution in [0.15, 0.2) is 18.2 Å². The maximum absolute atomic E-state index is 11.4. The zero-order valence-corrected chi connectivity index (χ0v) is 10.3. The zero-order chi connectivity index (χ0) is 13.1. The van der Waals surface area contributed by atoms with Gasteiger partial charge in [-0.3, -0.25) is 0 Å². The molecule has 0 aliphatic heterocycles. The minimum absolute atomic E-state index is 0.190. The van der Waals surface area contributed by atoms with Crippen LogP contribution in [0.1, 0.15) is 20.8 Å². The number of nitrogen functional groups attached to an aromatic ring is 2. The lowest BCUT2D eigenvalue weighted by Crippen LogP contribution is -2.27. The average molecular weight is 238 g/mol. The second-order valence-electron chi connectivity index (χ2n) is 4.63. The molecule has 0 atom stereocenters. The molecule has 0 unspecified atom stereocenters. The van der Waals surface area contributed by atoms with E-state index in [1.165, 1.54) is 0 Å². The molecule has 17 heavy (non-hydrogen) atoms. The minimum atomic E-state index is -0.526. The maximum Gasteiger partial charge on any atom is 0.344 e. The highest BCUT2D eigenvalue weighted by atomic mass is 16.6. The van der Waals surface area contributed by atoms with Crippen LogP contribution in [-0.4, -0.2) is 18.2 Å². The van der Waals surface area contributed by atoms with E-state index in [1.807, 2.05) is 0 Å². The number of hydrogen-bond donors (Lipinski definition) is 2. The third kappa shape index (κ3) is 4.22. The van der Waals surface area contributed by atoms with Gasteiger partial charge in [-0.2, -0.15) is 0 Å². The summed E-state index contributed by atoms with van der Waals surface area (Å²) >= 11 is 0. The number of ether oxygens (including phenoxy) is 2. The molecule has 0 saturated heterocycles. The van der Waals surface area contributed by atoms with E-state index in [2.05, 4.69) is 0 Å². The molecule has 4 N–H and O–H groups in total. The van der Waals surface area contributed by atoms with Crippen molar-refractivity contribution >= 4 is 17.3 Å². The molecule has 0 aliphatic rings. The minimum Gasteiger partial charge on any atom is -0.480 e. The number of rotatable bonds is 3.